The summed E-state index contributed by atoms with van der Waals surface area (Å²) in [6.45, 7) is 12.9. The summed E-state index contributed by atoms with van der Waals surface area (Å²) in [5, 5.41) is 9.02. The van der Waals surface area contributed by atoms with Crippen LogP contribution in [0.25, 0.3) is 0 Å². The fourth-order valence-electron chi connectivity index (χ4n) is 3.43. The molecule has 1 atom stereocenters. The minimum atomic E-state index is 0.323. The van der Waals surface area contributed by atoms with Crippen molar-refractivity contribution >= 4 is 17.3 Å². The molecule has 0 aromatic carbocycles. The van der Waals surface area contributed by atoms with Crippen molar-refractivity contribution in [2.45, 2.75) is 13.0 Å². The molecule has 152 valence electrons. The Morgan fingerprint density at radius 1 is 1.15 bits per heavy atom. The molecule has 2 N–H and O–H groups in total. The molecule has 0 spiro atoms. The Kier molecular flexibility index (Phi) is 8.83. The molecule has 8 heteroatoms. The fourth-order valence-corrected chi connectivity index (χ4v) is 4.28. The van der Waals surface area contributed by atoms with E-state index in [-0.39, 0.29) is 0 Å². The lowest BCUT2D eigenvalue weighted by atomic mass is 10.2. The highest BCUT2D eigenvalue weighted by molar-refractivity contribution is 7.10. The number of hydrogen-bond acceptors (Lipinski definition) is 6. The summed E-state index contributed by atoms with van der Waals surface area (Å²) in [7, 11) is 0. The minimum Gasteiger partial charge on any atom is -0.379 e. The van der Waals surface area contributed by atoms with Crippen molar-refractivity contribution in [1.82, 2.24) is 20.4 Å². The quantitative estimate of drug-likeness (QED) is 0.506. The van der Waals surface area contributed by atoms with Crippen molar-refractivity contribution in [3.05, 3.63) is 22.4 Å². The van der Waals surface area contributed by atoms with Gasteiger partial charge < -0.3 is 20.1 Å². The molecule has 2 saturated heterocycles. The third-order valence-corrected chi connectivity index (χ3v) is 5.92. The van der Waals surface area contributed by atoms with E-state index < -0.39 is 0 Å². The minimum absolute atomic E-state index is 0.323. The highest BCUT2D eigenvalue weighted by atomic mass is 32.1. The number of nitrogens with one attached hydrogen (secondary N) is 2. The van der Waals surface area contributed by atoms with Crippen molar-refractivity contribution in [1.29, 1.82) is 0 Å². The first-order chi connectivity index (χ1) is 13.4. The maximum Gasteiger partial charge on any atom is 0.191 e. The van der Waals surface area contributed by atoms with E-state index >= 15 is 0 Å². The Balaban J connectivity index is 1.55. The second-order valence-corrected chi connectivity index (χ2v) is 7.76. The van der Waals surface area contributed by atoms with Gasteiger partial charge in [-0.05, 0) is 18.4 Å². The van der Waals surface area contributed by atoms with Gasteiger partial charge in [0.2, 0.25) is 0 Å². The van der Waals surface area contributed by atoms with Crippen LogP contribution >= 0.6 is 11.3 Å². The highest BCUT2D eigenvalue weighted by Gasteiger charge is 2.23. The van der Waals surface area contributed by atoms with Crippen LogP contribution in [0.2, 0.25) is 0 Å². The predicted octanol–water partition coefficient (Wildman–Crippen LogP) is 1.01. The van der Waals surface area contributed by atoms with Crippen LogP contribution < -0.4 is 10.6 Å². The molecule has 27 heavy (non-hydrogen) atoms. The maximum atomic E-state index is 5.53. The zero-order valence-electron chi connectivity index (χ0n) is 16.4. The number of ether oxygens (including phenoxy) is 2. The molecule has 0 radical (unpaired) electrons. The number of rotatable bonds is 8. The summed E-state index contributed by atoms with van der Waals surface area (Å²) in [6.07, 6.45) is 0. The number of aliphatic imine (C=N–C) groups is 1. The third-order valence-electron chi connectivity index (χ3n) is 4.95. The Bertz CT molecular complexity index is 542. The second kappa shape index (κ2) is 11.6. The third kappa shape index (κ3) is 6.73. The smallest absolute Gasteiger partial charge is 0.191 e. The number of thiophene rings is 1. The van der Waals surface area contributed by atoms with Crippen LogP contribution in [-0.4, -0.2) is 94.5 Å². The molecule has 0 aliphatic carbocycles. The van der Waals surface area contributed by atoms with Gasteiger partial charge in [0.25, 0.3) is 0 Å². The second-order valence-electron chi connectivity index (χ2n) is 6.78. The van der Waals surface area contributed by atoms with Crippen molar-refractivity contribution in [2.24, 2.45) is 4.99 Å². The average Bonchev–Trinajstić information content (AvgIpc) is 3.24. The van der Waals surface area contributed by atoms with Crippen molar-refractivity contribution in [2.75, 3.05) is 78.8 Å². The summed E-state index contributed by atoms with van der Waals surface area (Å²) in [5.41, 5.74) is 0. The first-order valence-corrected chi connectivity index (χ1v) is 10.9. The molecular weight excluding hydrogens is 362 g/mol. The summed E-state index contributed by atoms with van der Waals surface area (Å²) >= 11 is 1.82. The SMILES string of the molecule is CCNC(=NCC(c1cccs1)N1CCOCC1)NCCN1CCOCC1. The topological polar surface area (TPSA) is 61.4 Å². The Labute approximate surface area is 166 Å². The van der Waals surface area contributed by atoms with Gasteiger partial charge in [-0.2, -0.15) is 0 Å². The molecular formula is C19H33N5O2S. The first kappa shape index (κ1) is 20.5. The summed E-state index contributed by atoms with van der Waals surface area (Å²) < 4.78 is 10.9. The predicted molar refractivity (Wildman–Crippen MR) is 111 cm³/mol. The lowest BCUT2D eigenvalue weighted by Crippen LogP contribution is -2.45. The van der Waals surface area contributed by atoms with E-state index in [0.717, 1.165) is 84.7 Å². The molecule has 1 aromatic heterocycles. The number of morpholine rings is 2. The van der Waals surface area contributed by atoms with E-state index in [1.165, 1.54) is 4.88 Å². The maximum absolute atomic E-state index is 5.53. The van der Waals surface area contributed by atoms with E-state index in [4.69, 9.17) is 14.5 Å². The molecule has 2 fully saturated rings. The molecule has 7 nitrogen and oxygen atoms in total. The molecule has 2 aliphatic rings. The fraction of sp³-hybridized carbons (Fsp3) is 0.737. The van der Waals surface area contributed by atoms with E-state index in [1.807, 2.05) is 11.3 Å². The molecule has 0 saturated carbocycles. The highest BCUT2D eigenvalue weighted by Crippen LogP contribution is 2.26. The van der Waals surface area contributed by atoms with Crippen LogP contribution in [0, 0.1) is 0 Å². The van der Waals surface area contributed by atoms with Gasteiger partial charge >= 0.3 is 0 Å². The summed E-state index contributed by atoms with van der Waals surface area (Å²) in [6, 6.07) is 4.67. The van der Waals surface area contributed by atoms with Crippen LogP contribution in [0.3, 0.4) is 0 Å². The van der Waals surface area contributed by atoms with Crippen LogP contribution in [-0.2, 0) is 9.47 Å². The standard InChI is InChI=1S/C19H33N5O2S/c1-2-20-19(21-5-6-23-7-11-25-12-8-23)22-16-17(18-4-3-15-27-18)24-9-13-26-14-10-24/h3-4,15,17H,2,5-14,16H2,1H3,(H2,20,21,22). The number of nitrogens with zero attached hydrogens (tertiary/aromatic N) is 3. The Morgan fingerprint density at radius 3 is 2.56 bits per heavy atom. The van der Waals surface area contributed by atoms with E-state index in [9.17, 15) is 0 Å². The van der Waals surface area contributed by atoms with Gasteiger partial charge in [0.05, 0.1) is 39.0 Å². The normalized spacial score (nSPS) is 21.1. The molecule has 3 rings (SSSR count). The van der Waals surface area contributed by atoms with Crippen molar-refractivity contribution in [3.63, 3.8) is 0 Å². The van der Waals surface area contributed by atoms with Gasteiger partial charge in [-0.3, -0.25) is 14.8 Å². The summed E-state index contributed by atoms with van der Waals surface area (Å²) in [4.78, 5) is 11.2. The first-order valence-electron chi connectivity index (χ1n) is 10.0. The van der Waals surface area contributed by atoms with Gasteiger partial charge in [0, 0.05) is 50.7 Å². The number of guanidine groups is 1. The Morgan fingerprint density at radius 2 is 1.89 bits per heavy atom. The lowest BCUT2D eigenvalue weighted by molar-refractivity contribution is 0.0186. The largest absolute Gasteiger partial charge is 0.379 e. The van der Waals surface area contributed by atoms with E-state index in [2.05, 4.69) is 44.9 Å². The van der Waals surface area contributed by atoms with Gasteiger partial charge in [-0.15, -0.1) is 11.3 Å². The average molecular weight is 396 g/mol. The monoisotopic (exact) mass is 395 g/mol. The van der Waals surface area contributed by atoms with Crippen LogP contribution in [0.5, 0.6) is 0 Å². The van der Waals surface area contributed by atoms with Crippen molar-refractivity contribution in [3.8, 4) is 0 Å². The number of hydrogen-bond donors (Lipinski definition) is 2. The lowest BCUT2D eigenvalue weighted by Gasteiger charge is -2.33. The van der Waals surface area contributed by atoms with Crippen LogP contribution in [0.1, 0.15) is 17.8 Å². The van der Waals surface area contributed by atoms with Gasteiger partial charge in [0.15, 0.2) is 5.96 Å². The molecule has 1 aromatic rings. The van der Waals surface area contributed by atoms with E-state index in [1.54, 1.807) is 0 Å². The molecule has 1 unspecified atom stereocenters. The zero-order valence-corrected chi connectivity index (χ0v) is 17.2. The van der Waals surface area contributed by atoms with Gasteiger partial charge in [-0.25, -0.2) is 0 Å². The zero-order chi connectivity index (χ0) is 18.7. The molecule has 2 aliphatic heterocycles. The van der Waals surface area contributed by atoms with Gasteiger partial charge in [-0.1, -0.05) is 6.07 Å². The van der Waals surface area contributed by atoms with Crippen molar-refractivity contribution < 1.29 is 9.47 Å². The Hall–Kier alpha value is -1.19. The van der Waals surface area contributed by atoms with E-state index in [0.29, 0.717) is 6.04 Å². The van der Waals surface area contributed by atoms with Gasteiger partial charge in [0.1, 0.15) is 0 Å². The molecule has 3 heterocycles. The van der Waals surface area contributed by atoms with Crippen LogP contribution in [0.4, 0.5) is 0 Å². The molecule has 0 amide bonds. The summed E-state index contributed by atoms with van der Waals surface area (Å²) in [5.74, 6) is 0.903. The van der Waals surface area contributed by atoms with Crippen LogP contribution in [0.15, 0.2) is 22.5 Å². The molecule has 0 bridgehead atoms.